The van der Waals surface area contributed by atoms with E-state index in [2.05, 4.69) is 22.1 Å². The summed E-state index contributed by atoms with van der Waals surface area (Å²) >= 11 is 0. The Labute approximate surface area is 72.1 Å². The lowest BCUT2D eigenvalue weighted by atomic mass is 10.1. The Morgan fingerprint density at radius 1 is 1.50 bits per heavy atom. The Morgan fingerprint density at radius 2 is 2.42 bits per heavy atom. The second-order valence-corrected chi connectivity index (χ2v) is 3.46. The third kappa shape index (κ3) is 0.843. The van der Waals surface area contributed by atoms with Crippen LogP contribution in [0.4, 0.5) is 0 Å². The molecule has 2 heterocycles. The molecule has 2 aromatic heterocycles. The number of nitrogens with zero attached hydrogens (tertiary/aromatic N) is 1. The van der Waals surface area contributed by atoms with E-state index < -0.39 is 0 Å². The fraction of sp³-hybridized carbons (Fsp3) is 0.300. The van der Waals surface area contributed by atoms with Gasteiger partial charge in [-0.05, 0) is 36.5 Å². The fourth-order valence-corrected chi connectivity index (χ4v) is 1.60. The van der Waals surface area contributed by atoms with Gasteiger partial charge in [0.15, 0.2) is 0 Å². The number of hydrogen-bond donors (Lipinski definition) is 1. The number of aromatic nitrogens is 2. The van der Waals surface area contributed by atoms with Crippen molar-refractivity contribution in [1.29, 1.82) is 0 Å². The third-order valence-corrected chi connectivity index (χ3v) is 2.47. The molecule has 1 aliphatic rings. The van der Waals surface area contributed by atoms with Gasteiger partial charge >= 0.3 is 0 Å². The lowest BCUT2D eigenvalue weighted by Gasteiger charge is -1.95. The molecule has 2 aromatic rings. The lowest BCUT2D eigenvalue weighted by molar-refractivity contribution is 1.11. The predicted molar refractivity (Wildman–Crippen MR) is 50.2 cm³/mol. The van der Waals surface area contributed by atoms with Crippen molar-refractivity contribution in [3.8, 4) is 0 Å². The van der Waals surface area contributed by atoms with E-state index in [0.29, 0.717) is 0 Å². The average molecular weight is 160 g/mol. The molecule has 3 rings (SSSR count). The van der Waals surface area contributed by atoms with Gasteiger partial charge in [0, 0.05) is 19.2 Å². The first-order chi connectivity index (χ1) is 5.93. The van der Waals surface area contributed by atoms with Crippen molar-refractivity contribution in [3.05, 3.63) is 30.1 Å². The van der Waals surface area contributed by atoms with Gasteiger partial charge in [0.25, 0.3) is 0 Å². The van der Waals surface area contributed by atoms with Crippen molar-refractivity contribution in [2.45, 2.75) is 18.8 Å². The molecule has 1 N–H and O–H groups in total. The number of fused-ring (bicyclic) bond motifs is 1. The molecule has 12 heavy (non-hydrogen) atoms. The van der Waals surface area contributed by atoms with Crippen LogP contribution >= 0.6 is 0 Å². The second kappa shape index (κ2) is 2.09. The van der Waals surface area contributed by atoms with E-state index in [9.17, 15) is 0 Å². The minimum Gasteiger partial charge on any atom is -0.346 e. The molecule has 62 valence electrons. The number of aromatic amines is 1. The summed E-state index contributed by atoms with van der Waals surface area (Å²) in [6.45, 7) is 0. The molecule has 0 saturated heterocycles. The Bertz CT molecular complexity index is 418. The zero-order chi connectivity index (χ0) is 7.97. The summed E-state index contributed by atoms with van der Waals surface area (Å²) in [5.41, 5.74) is 2.40. The lowest BCUT2D eigenvalue weighted by Crippen LogP contribution is -1.82. The largest absolute Gasteiger partial charge is 0.346 e. The van der Waals surface area contributed by atoms with E-state index >= 15 is 0 Å². The molecule has 0 bridgehead atoms. The number of hydrogen-bond acceptors (Lipinski definition) is 1. The van der Waals surface area contributed by atoms with Crippen LogP contribution in [0.1, 0.15) is 25.7 Å². The number of rotatable bonds is 1. The summed E-state index contributed by atoms with van der Waals surface area (Å²) in [6.07, 6.45) is 6.63. The monoisotopic (exact) mass is 160 g/mol. The molecule has 0 aromatic carbocycles. The molecule has 1 aliphatic carbocycles. The molecule has 0 unspecified atom stereocenters. The van der Waals surface area contributed by atoms with E-state index in [4.69, 9.17) is 0 Å². The summed E-state index contributed by atoms with van der Waals surface area (Å²) in [7, 11) is 0. The van der Waals surface area contributed by atoms with E-state index in [1.165, 1.54) is 23.8 Å². The van der Waals surface area contributed by atoms with E-state index in [1.807, 2.05) is 12.4 Å². The standard InChI is InChI=1S/C10H10N2.H2/c1-2-7(1)9-5-8-3-4-11-10(8)12-6-9;/h3-7H,1-2H2,(H,11,12);1H. The summed E-state index contributed by atoms with van der Waals surface area (Å²) in [5.74, 6) is 0.803. The van der Waals surface area contributed by atoms with E-state index in [1.54, 1.807) is 0 Å². The van der Waals surface area contributed by atoms with Gasteiger partial charge in [-0.25, -0.2) is 4.98 Å². The molecule has 0 spiro atoms. The van der Waals surface area contributed by atoms with Gasteiger partial charge in [-0.1, -0.05) is 0 Å². The number of H-pyrrole nitrogens is 1. The SMILES string of the molecule is [HH].c1cc2cc(C3CC3)cnc2[nH]1. The van der Waals surface area contributed by atoms with Crippen molar-refractivity contribution < 1.29 is 1.43 Å². The van der Waals surface area contributed by atoms with Crippen LogP contribution in [-0.4, -0.2) is 9.97 Å². The first-order valence-corrected chi connectivity index (χ1v) is 4.36. The molecular weight excluding hydrogens is 148 g/mol. The molecule has 2 heteroatoms. The molecule has 1 saturated carbocycles. The third-order valence-electron chi connectivity index (χ3n) is 2.47. The summed E-state index contributed by atoms with van der Waals surface area (Å²) < 4.78 is 0. The van der Waals surface area contributed by atoms with Crippen LogP contribution in [0, 0.1) is 0 Å². The molecule has 0 radical (unpaired) electrons. The van der Waals surface area contributed by atoms with Gasteiger partial charge in [0.1, 0.15) is 5.65 Å². The zero-order valence-electron chi connectivity index (χ0n) is 6.75. The molecule has 0 amide bonds. The maximum atomic E-state index is 4.35. The van der Waals surface area contributed by atoms with Crippen LogP contribution in [0.5, 0.6) is 0 Å². The molecular formula is C10H12N2. The quantitative estimate of drug-likeness (QED) is 0.682. The highest BCUT2D eigenvalue weighted by Crippen LogP contribution is 2.40. The molecule has 1 fully saturated rings. The van der Waals surface area contributed by atoms with Gasteiger partial charge in [-0.15, -0.1) is 0 Å². The zero-order valence-corrected chi connectivity index (χ0v) is 6.75. The van der Waals surface area contributed by atoms with Crippen molar-refractivity contribution in [1.82, 2.24) is 9.97 Å². The Morgan fingerprint density at radius 3 is 3.25 bits per heavy atom. The van der Waals surface area contributed by atoms with Crippen LogP contribution in [0.15, 0.2) is 24.5 Å². The maximum absolute atomic E-state index is 4.35. The van der Waals surface area contributed by atoms with Crippen LogP contribution < -0.4 is 0 Å². The van der Waals surface area contributed by atoms with Gasteiger partial charge in [-0.2, -0.15) is 0 Å². The molecule has 2 nitrogen and oxygen atoms in total. The summed E-state index contributed by atoms with van der Waals surface area (Å²) in [5, 5.41) is 1.24. The fourth-order valence-electron chi connectivity index (χ4n) is 1.60. The topological polar surface area (TPSA) is 28.7 Å². The number of nitrogens with one attached hydrogen (secondary N) is 1. The van der Waals surface area contributed by atoms with Gasteiger partial charge in [-0.3, -0.25) is 0 Å². The highest BCUT2D eigenvalue weighted by molar-refractivity contribution is 5.75. The average Bonchev–Trinajstić information content (AvgIpc) is 2.84. The van der Waals surface area contributed by atoms with Crippen molar-refractivity contribution in [2.75, 3.05) is 0 Å². The summed E-state index contributed by atoms with van der Waals surface area (Å²) in [4.78, 5) is 7.44. The smallest absolute Gasteiger partial charge is 0.137 e. The van der Waals surface area contributed by atoms with Gasteiger partial charge in [0.05, 0.1) is 0 Å². The first kappa shape index (κ1) is 6.23. The van der Waals surface area contributed by atoms with Crippen LogP contribution in [0.2, 0.25) is 0 Å². The Balaban J connectivity index is 0.000000653. The van der Waals surface area contributed by atoms with Gasteiger partial charge < -0.3 is 4.98 Å². The highest BCUT2D eigenvalue weighted by atomic mass is 14.8. The van der Waals surface area contributed by atoms with E-state index in [0.717, 1.165) is 11.6 Å². The Kier molecular flexibility index (Phi) is 1.09. The van der Waals surface area contributed by atoms with Crippen molar-refractivity contribution in [3.63, 3.8) is 0 Å². The normalized spacial score (nSPS) is 17.0. The second-order valence-electron chi connectivity index (χ2n) is 3.46. The number of pyridine rings is 1. The van der Waals surface area contributed by atoms with Gasteiger partial charge in [0.2, 0.25) is 0 Å². The predicted octanol–water partition coefficient (Wildman–Crippen LogP) is 2.69. The van der Waals surface area contributed by atoms with Crippen molar-refractivity contribution >= 4 is 11.0 Å². The first-order valence-electron chi connectivity index (χ1n) is 4.36. The van der Waals surface area contributed by atoms with Crippen LogP contribution in [0.3, 0.4) is 0 Å². The minimum atomic E-state index is 0. The summed E-state index contributed by atoms with van der Waals surface area (Å²) in [6, 6.07) is 4.32. The van der Waals surface area contributed by atoms with E-state index in [-0.39, 0.29) is 1.43 Å². The van der Waals surface area contributed by atoms with Crippen LogP contribution in [0.25, 0.3) is 11.0 Å². The molecule has 0 aliphatic heterocycles. The highest BCUT2D eigenvalue weighted by Gasteiger charge is 2.23. The Hall–Kier alpha value is -1.31. The molecule has 0 atom stereocenters. The maximum Gasteiger partial charge on any atom is 0.137 e. The van der Waals surface area contributed by atoms with Crippen molar-refractivity contribution in [2.24, 2.45) is 0 Å². The van der Waals surface area contributed by atoms with Crippen LogP contribution in [-0.2, 0) is 0 Å². The minimum absolute atomic E-state index is 0.